The van der Waals surface area contributed by atoms with Crippen molar-refractivity contribution in [2.75, 3.05) is 14.1 Å². The van der Waals surface area contributed by atoms with Gasteiger partial charge >= 0.3 is 0 Å². The first-order valence-corrected chi connectivity index (χ1v) is 7.77. The number of hydrogen-bond acceptors (Lipinski definition) is 4. The summed E-state index contributed by atoms with van der Waals surface area (Å²) in [5.41, 5.74) is 0.858. The number of nitrogens with one attached hydrogen (secondary N) is 2. The molecule has 2 N–H and O–H groups in total. The topological polar surface area (TPSA) is 78.1 Å². The van der Waals surface area contributed by atoms with E-state index in [1.807, 2.05) is 0 Å². The Balaban J connectivity index is 2.27. The van der Waals surface area contributed by atoms with Crippen LogP contribution in [0.3, 0.4) is 0 Å². The molecule has 0 spiro atoms. The van der Waals surface area contributed by atoms with E-state index in [-0.39, 0.29) is 11.6 Å². The molecule has 114 valence electrons. The molecule has 2 rings (SSSR count). The fourth-order valence-corrected chi connectivity index (χ4v) is 3.19. The Labute approximate surface area is 123 Å². The highest BCUT2D eigenvalue weighted by atomic mass is 32.2. The van der Waals surface area contributed by atoms with Gasteiger partial charge in [-0.15, -0.1) is 0 Å². The van der Waals surface area contributed by atoms with Crippen molar-refractivity contribution in [1.82, 2.24) is 19.8 Å². The van der Waals surface area contributed by atoms with Crippen molar-refractivity contribution in [2.24, 2.45) is 0 Å². The molecule has 6 nitrogen and oxygen atoms in total. The van der Waals surface area contributed by atoms with Crippen LogP contribution in [-0.2, 0) is 23.1 Å². The monoisotopic (exact) mass is 312 g/mol. The van der Waals surface area contributed by atoms with Gasteiger partial charge in [-0.25, -0.2) is 12.8 Å². The van der Waals surface area contributed by atoms with Crippen LogP contribution in [-0.4, -0.2) is 37.0 Å². The molecule has 0 aliphatic heterocycles. The molecule has 0 saturated carbocycles. The fourth-order valence-electron chi connectivity index (χ4n) is 1.95. The van der Waals surface area contributed by atoms with Crippen LogP contribution in [0.15, 0.2) is 35.5 Å². The van der Waals surface area contributed by atoms with Crippen LogP contribution >= 0.6 is 0 Å². The summed E-state index contributed by atoms with van der Waals surface area (Å²) in [5.74, 6) is -0.431. The first-order chi connectivity index (χ1) is 9.96. The van der Waals surface area contributed by atoms with Gasteiger partial charge < -0.3 is 5.32 Å². The molecule has 1 aromatic carbocycles. The highest BCUT2D eigenvalue weighted by Crippen LogP contribution is 2.19. The van der Waals surface area contributed by atoms with Gasteiger partial charge in [0, 0.05) is 31.3 Å². The molecular formula is C13H17FN4O2S. The van der Waals surface area contributed by atoms with E-state index in [1.54, 1.807) is 25.2 Å². The van der Waals surface area contributed by atoms with Gasteiger partial charge in [-0.1, -0.05) is 18.2 Å². The number of aromatic amines is 1. The lowest BCUT2D eigenvalue weighted by atomic mass is 10.2. The molecule has 1 aromatic heterocycles. The van der Waals surface area contributed by atoms with Crippen molar-refractivity contribution in [2.45, 2.75) is 18.1 Å². The highest BCUT2D eigenvalue weighted by molar-refractivity contribution is 7.89. The van der Waals surface area contributed by atoms with Gasteiger partial charge in [0.1, 0.15) is 5.82 Å². The Bertz CT molecular complexity index is 714. The fraction of sp³-hybridized carbons (Fsp3) is 0.308. The second-order valence-corrected chi connectivity index (χ2v) is 6.59. The number of benzene rings is 1. The molecule has 21 heavy (non-hydrogen) atoms. The molecule has 8 heteroatoms. The normalized spacial score (nSPS) is 12.0. The zero-order valence-corrected chi connectivity index (χ0v) is 12.6. The first kappa shape index (κ1) is 15.6. The molecule has 0 saturated heterocycles. The summed E-state index contributed by atoms with van der Waals surface area (Å²) in [4.78, 5) is 0. The van der Waals surface area contributed by atoms with Gasteiger partial charge in [0.25, 0.3) is 10.0 Å². The van der Waals surface area contributed by atoms with Gasteiger partial charge in [0.05, 0.1) is 6.20 Å². The molecule has 0 atom stereocenters. The Morgan fingerprint density at radius 3 is 2.71 bits per heavy atom. The van der Waals surface area contributed by atoms with Crippen molar-refractivity contribution in [3.63, 3.8) is 0 Å². The maximum atomic E-state index is 13.6. The Morgan fingerprint density at radius 2 is 2.05 bits per heavy atom. The molecule has 0 unspecified atom stereocenters. The second-order valence-electron chi connectivity index (χ2n) is 4.61. The van der Waals surface area contributed by atoms with Crippen molar-refractivity contribution >= 4 is 10.0 Å². The zero-order valence-electron chi connectivity index (χ0n) is 11.8. The minimum absolute atomic E-state index is 0.0238. The van der Waals surface area contributed by atoms with Crippen LogP contribution in [0, 0.1) is 5.82 Å². The summed E-state index contributed by atoms with van der Waals surface area (Å²) in [6.45, 7) is 0.325. The quantitative estimate of drug-likeness (QED) is 0.837. The third kappa shape index (κ3) is 3.29. The average Bonchev–Trinajstić information content (AvgIpc) is 2.90. The lowest BCUT2D eigenvalue weighted by molar-refractivity contribution is 0.452. The van der Waals surface area contributed by atoms with Gasteiger partial charge in [0.2, 0.25) is 0 Å². The lowest BCUT2D eigenvalue weighted by Gasteiger charge is -2.17. The van der Waals surface area contributed by atoms with Crippen LogP contribution in [0.25, 0.3) is 0 Å². The van der Waals surface area contributed by atoms with Gasteiger partial charge in [-0.05, 0) is 13.1 Å². The van der Waals surface area contributed by atoms with E-state index in [0.29, 0.717) is 17.7 Å². The van der Waals surface area contributed by atoms with Crippen molar-refractivity contribution in [3.05, 3.63) is 47.4 Å². The van der Waals surface area contributed by atoms with Gasteiger partial charge in [-0.3, -0.25) is 5.10 Å². The summed E-state index contributed by atoms with van der Waals surface area (Å²) >= 11 is 0. The minimum atomic E-state index is -3.75. The first-order valence-electron chi connectivity index (χ1n) is 6.33. The molecule has 0 aliphatic rings. The summed E-state index contributed by atoms with van der Waals surface area (Å²) in [7, 11) is -0.632. The Kier molecular flexibility index (Phi) is 4.71. The predicted molar refractivity (Wildman–Crippen MR) is 76.4 cm³/mol. The number of nitrogens with zero attached hydrogens (tertiary/aromatic N) is 2. The summed E-state index contributed by atoms with van der Waals surface area (Å²) in [5, 5.41) is 9.17. The summed E-state index contributed by atoms with van der Waals surface area (Å²) < 4.78 is 39.7. The third-order valence-electron chi connectivity index (χ3n) is 3.06. The highest BCUT2D eigenvalue weighted by Gasteiger charge is 2.26. The third-order valence-corrected chi connectivity index (χ3v) is 4.88. The number of rotatable bonds is 6. The van der Waals surface area contributed by atoms with Gasteiger partial charge in [-0.2, -0.15) is 9.40 Å². The standard InChI is InChI=1S/C13H17FN4O2S/c1-15-7-11-8-16-17-13(11)21(19,20)18(2)9-10-5-3-4-6-12(10)14/h3-6,8,15H,7,9H2,1-2H3,(H,16,17). The predicted octanol–water partition coefficient (Wildman–Crippen LogP) is 1.09. The van der Waals surface area contributed by atoms with Crippen LogP contribution in [0.1, 0.15) is 11.1 Å². The molecule has 2 aromatic rings. The smallest absolute Gasteiger partial charge is 0.260 e. The van der Waals surface area contributed by atoms with E-state index in [1.165, 1.54) is 19.3 Å². The van der Waals surface area contributed by atoms with Crippen LogP contribution in [0.4, 0.5) is 4.39 Å². The van der Waals surface area contributed by atoms with Gasteiger partial charge in [0.15, 0.2) is 5.03 Å². The van der Waals surface area contributed by atoms with E-state index < -0.39 is 15.8 Å². The van der Waals surface area contributed by atoms with E-state index in [0.717, 1.165) is 4.31 Å². The van der Waals surface area contributed by atoms with Crippen molar-refractivity contribution < 1.29 is 12.8 Å². The molecule has 0 bridgehead atoms. The summed E-state index contributed by atoms with van der Waals surface area (Å²) in [6.07, 6.45) is 1.46. The van der Waals surface area contributed by atoms with Crippen LogP contribution in [0.2, 0.25) is 0 Å². The summed E-state index contributed by atoms with van der Waals surface area (Å²) in [6, 6.07) is 6.09. The lowest BCUT2D eigenvalue weighted by Crippen LogP contribution is -2.28. The molecule has 1 heterocycles. The SMILES string of the molecule is CNCc1cn[nH]c1S(=O)(=O)N(C)Cc1ccccc1F. The van der Waals surface area contributed by atoms with Crippen molar-refractivity contribution in [1.29, 1.82) is 0 Å². The number of H-pyrrole nitrogens is 1. The zero-order chi connectivity index (χ0) is 15.5. The average molecular weight is 312 g/mol. The Morgan fingerprint density at radius 1 is 1.33 bits per heavy atom. The number of hydrogen-bond donors (Lipinski definition) is 2. The second kappa shape index (κ2) is 6.33. The van der Waals surface area contributed by atoms with E-state index in [2.05, 4.69) is 15.5 Å². The minimum Gasteiger partial charge on any atom is -0.316 e. The Hall–Kier alpha value is -1.77. The molecule has 0 radical (unpaired) electrons. The molecular weight excluding hydrogens is 295 g/mol. The maximum Gasteiger partial charge on any atom is 0.260 e. The van der Waals surface area contributed by atoms with Crippen molar-refractivity contribution in [3.8, 4) is 0 Å². The number of halogens is 1. The molecule has 0 fully saturated rings. The van der Waals surface area contributed by atoms with Crippen LogP contribution in [0.5, 0.6) is 0 Å². The number of sulfonamides is 1. The van der Waals surface area contributed by atoms with E-state index in [4.69, 9.17) is 0 Å². The van der Waals surface area contributed by atoms with E-state index >= 15 is 0 Å². The maximum absolute atomic E-state index is 13.6. The number of aromatic nitrogens is 2. The largest absolute Gasteiger partial charge is 0.316 e. The van der Waals surface area contributed by atoms with E-state index in [9.17, 15) is 12.8 Å². The molecule has 0 amide bonds. The molecule has 0 aliphatic carbocycles. The van der Waals surface area contributed by atoms with Crippen LogP contribution < -0.4 is 5.32 Å².